The van der Waals surface area contributed by atoms with E-state index >= 15 is 0 Å². The molecule has 2 aromatic rings. The van der Waals surface area contributed by atoms with Gasteiger partial charge in [0.1, 0.15) is 11.6 Å². The summed E-state index contributed by atoms with van der Waals surface area (Å²) in [5, 5.41) is 0. The molecule has 0 aromatic heterocycles. The van der Waals surface area contributed by atoms with Crippen LogP contribution in [0.15, 0.2) is 42.5 Å². The van der Waals surface area contributed by atoms with E-state index in [1.807, 2.05) is 23.1 Å². The van der Waals surface area contributed by atoms with Crippen LogP contribution in [0.3, 0.4) is 0 Å². The van der Waals surface area contributed by atoms with Gasteiger partial charge in [0.25, 0.3) is 0 Å². The number of para-hydroxylation sites is 2. The Morgan fingerprint density at radius 2 is 1.60 bits per heavy atom. The molecule has 1 heterocycles. The minimum Gasteiger partial charge on any atom is -0.352 e. The first-order valence-electron chi connectivity index (χ1n) is 8.77. The summed E-state index contributed by atoms with van der Waals surface area (Å²) in [5.74, 6) is -1.06. The molecule has 0 bridgehead atoms. The molecule has 3 rings (SSSR count). The summed E-state index contributed by atoms with van der Waals surface area (Å²) >= 11 is 0. The van der Waals surface area contributed by atoms with Crippen LogP contribution in [0.2, 0.25) is 0 Å². The fourth-order valence-corrected chi connectivity index (χ4v) is 3.29. The van der Waals surface area contributed by atoms with Crippen molar-refractivity contribution in [2.24, 2.45) is 0 Å². The van der Waals surface area contributed by atoms with Gasteiger partial charge < -0.3 is 9.80 Å². The van der Waals surface area contributed by atoms with Gasteiger partial charge in [-0.15, -0.1) is 0 Å². The standard InChI is InChI=1S/C20H24F2N2.Ir/c1-2-3-4-5-8-13-23-15-24(20-10-7-6-9-19(20)23)18-12-11-16(21)14-17(18)22;/h6-7,9-12,14H,2-5,8,13,15H2,1H3;. The van der Waals surface area contributed by atoms with E-state index in [1.165, 1.54) is 37.8 Å². The molecule has 1 aliphatic rings. The van der Waals surface area contributed by atoms with Crippen molar-refractivity contribution in [3.8, 4) is 0 Å². The van der Waals surface area contributed by atoms with E-state index in [1.54, 1.807) is 0 Å². The number of hydrogen-bond acceptors (Lipinski definition) is 2. The second-order valence-corrected chi connectivity index (χ2v) is 6.33. The average molecular weight is 523 g/mol. The molecule has 0 saturated heterocycles. The summed E-state index contributed by atoms with van der Waals surface area (Å²) < 4.78 is 27.4. The minimum atomic E-state index is -0.545. The Morgan fingerprint density at radius 1 is 0.880 bits per heavy atom. The quantitative estimate of drug-likeness (QED) is 0.421. The van der Waals surface area contributed by atoms with E-state index in [0.29, 0.717) is 12.4 Å². The third kappa shape index (κ3) is 4.59. The van der Waals surface area contributed by atoms with Gasteiger partial charge in [0, 0.05) is 32.7 Å². The number of rotatable bonds is 7. The van der Waals surface area contributed by atoms with Crippen LogP contribution in [-0.2, 0) is 20.1 Å². The Balaban J connectivity index is 0.00000225. The first-order chi connectivity index (χ1) is 11.7. The Morgan fingerprint density at radius 3 is 2.32 bits per heavy atom. The molecule has 0 aliphatic carbocycles. The van der Waals surface area contributed by atoms with Crippen molar-refractivity contribution in [2.75, 3.05) is 23.0 Å². The smallest absolute Gasteiger partial charge is 0.149 e. The molecule has 137 valence electrons. The molecule has 25 heavy (non-hydrogen) atoms. The molecule has 5 heteroatoms. The molecule has 2 aromatic carbocycles. The van der Waals surface area contributed by atoms with Crippen LogP contribution < -0.4 is 9.80 Å². The van der Waals surface area contributed by atoms with Gasteiger partial charge in [-0.25, -0.2) is 8.78 Å². The maximum atomic E-state index is 14.2. The summed E-state index contributed by atoms with van der Waals surface area (Å²) in [6.45, 7) is 3.78. The topological polar surface area (TPSA) is 6.48 Å². The Kier molecular flexibility index (Phi) is 7.39. The van der Waals surface area contributed by atoms with E-state index in [2.05, 4.69) is 17.9 Å². The molecule has 0 atom stereocenters. The minimum absolute atomic E-state index is 0. The van der Waals surface area contributed by atoms with Crippen LogP contribution in [0, 0.1) is 11.6 Å². The molecule has 0 saturated carbocycles. The van der Waals surface area contributed by atoms with Gasteiger partial charge in [-0.3, -0.25) is 0 Å². The number of unbranched alkanes of at least 4 members (excludes halogenated alkanes) is 4. The SMILES string of the molecule is CCCCCCCN1CN(c2ccc(F)cc2F)c2ccccc21.[Ir]. The van der Waals surface area contributed by atoms with Crippen LogP contribution in [0.5, 0.6) is 0 Å². The van der Waals surface area contributed by atoms with E-state index < -0.39 is 11.6 Å². The van der Waals surface area contributed by atoms with Gasteiger partial charge in [-0.05, 0) is 30.7 Å². The number of hydrogen-bond donors (Lipinski definition) is 0. The molecule has 1 aliphatic heterocycles. The molecule has 0 unspecified atom stereocenters. The number of nitrogens with zero attached hydrogens (tertiary/aromatic N) is 2. The van der Waals surface area contributed by atoms with Crippen molar-refractivity contribution in [1.82, 2.24) is 0 Å². The van der Waals surface area contributed by atoms with Gasteiger partial charge in [-0.2, -0.15) is 0 Å². The second kappa shape index (κ2) is 9.30. The summed E-state index contributed by atoms with van der Waals surface area (Å²) in [6.07, 6.45) is 6.14. The maximum absolute atomic E-state index is 14.2. The third-order valence-corrected chi connectivity index (χ3v) is 4.56. The second-order valence-electron chi connectivity index (χ2n) is 6.33. The van der Waals surface area contributed by atoms with Crippen molar-refractivity contribution >= 4 is 17.1 Å². The predicted molar refractivity (Wildman–Crippen MR) is 95.9 cm³/mol. The van der Waals surface area contributed by atoms with Crippen molar-refractivity contribution in [1.29, 1.82) is 0 Å². The Bertz CT molecular complexity index is 693. The average Bonchev–Trinajstić information content (AvgIpc) is 2.94. The molecule has 2 nitrogen and oxygen atoms in total. The van der Waals surface area contributed by atoms with Crippen molar-refractivity contribution in [2.45, 2.75) is 39.0 Å². The first-order valence-corrected chi connectivity index (χ1v) is 8.77. The monoisotopic (exact) mass is 523 g/mol. The number of fused-ring (bicyclic) bond motifs is 1. The first kappa shape index (κ1) is 19.9. The summed E-state index contributed by atoms with van der Waals surface area (Å²) in [5.41, 5.74) is 2.53. The Hall–Kier alpha value is -1.45. The van der Waals surface area contributed by atoms with Crippen molar-refractivity contribution in [3.05, 3.63) is 54.1 Å². The van der Waals surface area contributed by atoms with Crippen molar-refractivity contribution in [3.63, 3.8) is 0 Å². The zero-order valence-electron chi connectivity index (χ0n) is 14.5. The van der Waals surface area contributed by atoms with Crippen LogP contribution in [0.4, 0.5) is 25.8 Å². The van der Waals surface area contributed by atoms with Crippen molar-refractivity contribution < 1.29 is 28.9 Å². The van der Waals surface area contributed by atoms with E-state index in [9.17, 15) is 8.78 Å². The zero-order valence-corrected chi connectivity index (χ0v) is 16.9. The largest absolute Gasteiger partial charge is 0.352 e. The van der Waals surface area contributed by atoms with E-state index in [0.717, 1.165) is 30.4 Å². The van der Waals surface area contributed by atoms with Crippen LogP contribution in [-0.4, -0.2) is 13.2 Å². The molecular formula is C20H24F2IrN2. The molecule has 0 N–H and O–H groups in total. The zero-order chi connectivity index (χ0) is 16.9. The fourth-order valence-electron chi connectivity index (χ4n) is 3.29. The third-order valence-electron chi connectivity index (χ3n) is 4.56. The maximum Gasteiger partial charge on any atom is 0.149 e. The number of anilines is 3. The van der Waals surface area contributed by atoms with Gasteiger partial charge in [0.05, 0.1) is 23.7 Å². The van der Waals surface area contributed by atoms with Gasteiger partial charge >= 0.3 is 0 Å². The summed E-state index contributed by atoms with van der Waals surface area (Å²) in [7, 11) is 0. The van der Waals surface area contributed by atoms with Crippen LogP contribution in [0.25, 0.3) is 0 Å². The van der Waals surface area contributed by atoms with Gasteiger partial charge in [-0.1, -0.05) is 44.7 Å². The molecular weight excluding hydrogens is 498 g/mol. The molecule has 1 radical (unpaired) electrons. The summed E-state index contributed by atoms with van der Waals surface area (Å²) in [4.78, 5) is 4.21. The molecule has 0 fully saturated rings. The Labute approximate surface area is 162 Å². The molecule has 0 amide bonds. The van der Waals surface area contributed by atoms with Crippen LogP contribution in [0.1, 0.15) is 39.0 Å². The predicted octanol–water partition coefficient (Wildman–Crippen LogP) is 5.85. The molecule has 0 spiro atoms. The van der Waals surface area contributed by atoms with E-state index in [-0.39, 0.29) is 20.1 Å². The normalized spacial score (nSPS) is 12.9. The number of halogens is 2. The number of benzene rings is 2. The summed E-state index contributed by atoms with van der Waals surface area (Å²) in [6, 6.07) is 11.8. The van der Waals surface area contributed by atoms with Crippen LogP contribution >= 0.6 is 0 Å². The van der Waals surface area contributed by atoms with Gasteiger partial charge in [0.2, 0.25) is 0 Å². The fraction of sp³-hybridized carbons (Fsp3) is 0.400. The van der Waals surface area contributed by atoms with E-state index in [4.69, 9.17) is 0 Å². The van der Waals surface area contributed by atoms with Gasteiger partial charge in [0.15, 0.2) is 0 Å².